The molecule has 0 spiro atoms. The van der Waals surface area contributed by atoms with Crippen LogP contribution >= 0.6 is 0 Å². The Balaban J connectivity index is 1.80. The van der Waals surface area contributed by atoms with Crippen molar-refractivity contribution in [1.29, 1.82) is 0 Å². The van der Waals surface area contributed by atoms with Crippen LogP contribution in [0.3, 0.4) is 0 Å². The number of piperidine rings is 1. The maximum atomic E-state index is 3.64. The molecule has 0 aliphatic carbocycles. The molecule has 2 aliphatic rings. The minimum Gasteiger partial charge on any atom is -0.314 e. The fourth-order valence-electron chi connectivity index (χ4n) is 3.98. The van der Waals surface area contributed by atoms with Crippen LogP contribution in [0.2, 0.25) is 0 Å². The van der Waals surface area contributed by atoms with Crippen molar-refractivity contribution < 1.29 is 0 Å². The van der Waals surface area contributed by atoms with Crippen molar-refractivity contribution in [2.75, 3.05) is 32.7 Å². The lowest BCUT2D eigenvalue weighted by molar-refractivity contribution is 0.109. The second-order valence-electron chi connectivity index (χ2n) is 7.78. The van der Waals surface area contributed by atoms with Gasteiger partial charge in [-0.3, -0.25) is 0 Å². The van der Waals surface area contributed by atoms with Crippen molar-refractivity contribution >= 4 is 0 Å². The van der Waals surface area contributed by atoms with E-state index in [1.807, 2.05) is 0 Å². The lowest BCUT2D eigenvalue weighted by Crippen LogP contribution is -2.46. The molecule has 2 heterocycles. The highest BCUT2D eigenvalue weighted by atomic mass is 15.2. The molecule has 124 valence electrons. The van der Waals surface area contributed by atoms with Gasteiger partial charge in [0.05, 0.1) is 0 Å². The van der Waals surface area contributed by atoms with Crippen molar-refractivity contribution in [3.63, 3.8) is 0 Å². The number of hydrogen-bond acceptors (Lipinski definition) is 3. The molecule has 3 nitrogen and oxygen atoms in total. The highest BCUT2D eigenvalue weighted by molar-refractivity contribution is 4.83. The van der Waals surface area contributed by atoms with Crippen LogP contribution in [0.1, 0.15) is 59.8 Å². The zero-order chi connectivity index (χ0) is 15.2. The van der Waals surface area contributed by atoms with Gasteiger partial charge in [-0.2, -0.15) is 0 Å². The number of likely N-dealkylation sites (tertiary alicyclic amines) is 2. The van der Waals surface area contributed by atoms with Crippen LogP contribution in [0.15, 0.2) is 0 Å². The summed E-state index contributed by atoms with van der Waals surface area (Å²) in [6.45, 7) is 15.7. The lowest BCUT2D eigenvalue weighted by Gasteiger charge is -2.38. The standard InChI is InChI=1S/C18H37N3/c1-15(2)19-13-17-7-5-11-21(14-17)18-8-6-10-20(12-9-18)16(3)4/h15-19H,5-14H2,1-4H3. The van der Waals surface area contributed by atoms with Crippen LogP contribution in [-0.2, 0) is 0 Å². The number of rotatable bonds is 5. The third-order valence-electron chi connectivity index (χ3n) is 5.34. The predicted molar refractivity (Wildman–Crippen MR) is 91.8 cm³/mol. The summed E-state index contributed by atoms with van der Waals surface area (Å²) in [4.78, 5) is 5.49. The normalized spacial score (nSPS) is 30.0. The Labute approximate surface area is 132 Å². The summed E-state index contributed by atoms with van der Waals surface area (Å²) in [6.07, 6.45) is 6.99. The van der Waals surface area contributed by atoms with Gasteiger partial charge < -0.3 is 15.1 Å². The molecule has 0 saturated carbocycles. The number of nitrogens with zero attached hydrogens (tertiary/aromatic N) is 2. The molecule has 0 amide bonds. The molecule has 2 fully saturated rings. The molecule has 2 rings (SSSR count). The van der Waals surface area contributed by atoms with E-state index in [0.717, 1.165) is 12.0 Å². The fourth-order valence-corrected chi connectivity index (χ4v) is 3.98. The van der Waals surface area contributed by atoms with E-state index in [4.69, 9.17) is 0 Å². The molecule has 0 radical (unpaired) electrons. The summed E-state index contributed by atoms with van der Waals surface area (Å²) >= 11 is 0. The molecule has 2 atom stereocenters. The van der Waals surface area contributed by atoms with Crippen LogP contribution in [0, 0.1) is 5.92 Å². The highest BCUT2D eigenvalue weighted by Crippen LogP contribution is 2.24. The van der Waals surface area contributed by atoms with Gasteiger partial charge in [-0.05, 0) is 78.0 Å². The topological polar surface area (TPSA) is 18.5 Å². The Kier molecular flexibility index (Phi) is 6.97. The molecule has 2 aliphatic heterocycles. The first-order valence-corrected chi connectivity index (χ1v) is 9.27. The molecule has 0 aromatic carbocycles. The first-order valence-electron chi connectivity index (χ1n) is 9.27. The SMILES string of the molecule is CC(C)NCC1CCCN(C2CCCN(C(C)C)CC2)C1. The molecule has 2 unspecified atom stereocenters. The van der Waals surface area contributed by atoms with Crippen LogP contribution in [0.5, 0.6) is 0 Å². The van der Waals surface area contributed by atoms with E-state index >= 15 is 0 Å². The van der Waals surface area contributed by atoms with E-state index in [1.165, 1.54) is 64.8 Å². The van der Waals surface area contributed by atoms with E-state index < -0.39 is 0 Å². The lowest BCUT2D eigenvalue weighted by atomic mass is 9.94. The van der Waals surface area contributed by atoms with Gasteiger partial charge in [0.1, 0.15) is 0 Å². The largest absolute Gasteiger partial charge is 0.314 e. The molecular weight excluding hydrogens is 258 g/mol. The van der Waals surface area contributed by atoms with Gasteiger partial charge in [0.15, 0.2) is 0 Å². The number of nitrogens with one attached hydrogen (secondary N) is 1. The molecule has 0 bridgehead atoms. The molecule has 1 N–H and O–H groups in total. The summed E-state index contributed by atoms with van der Waals surface area (Å²) in [5.74, 6) is 0.866. The monoisotopic (exact) mass is 295 g/mol. The molecule has 0 aromatic heterocycles. The molecule has 3 heteroatoms. The van der Waals surface area contributed by atoms with E-state index in [9.17, 15) is 0 Å². The first-order chi connectivity index (χ1) is 10.1. The zero-order valence-electron chi connectivity index (χ0n) is 14.8. The maximum Gasteiger partial charge on any atom is 0.0108 e. The van der Waals surface area contributed by atoms with E-state index in [1.54, 1.807) is 0 Å². The Bertz CT molecular complexity index is 290. The Morgan fingerprint density at radius 2 is 1.71 bits per heavy atom. The smallest absolute Gasteiger partial charge is 0.0108 e. The second-order valence-corrected chi connectivity index (χ2v) is 7.78. The molecule has 0 aromatic rings. The van der Waals surface area contributed by atoms with Crippen molar-refractivity contribution in [3.05, 3.63) is 0 Å². The van der Waals surface area contributed by atoms with E-state index in [-0.39, 0.29) is 0 Å². The van der Waals surface area contributed by atoms with Crippen molar-refractivity contribution in [1.82, 2.24) is 15.1 Å². The fraction of sp³-hybridized carbons (Fsp3) is 1.00. The Morgan fingerprint density at radius 3 is 2.43 bits per heavy atom. The summed E-state index contributed by atoms with van der Waals surface area (Å²) in [5.41, 5.74) is 0. The van der Waals surface area contributed by atoms with Crippen molar-refractivity contribution in [2.45, 2.75) is 77.9 Å². The van der Waals surface area contributed by atoms with Gasteiger partial charge in [0, 0.05) is 24.7 Å². The third kappa shape index (κ3) is 5.54. The quantitative estimate of drug-likeness (QED) is 0.841. The maximum absolute atomic E-state index is 3.64. The van der Waals surface area contributed by atoms with Crippen LogP contribution in [0.4, 0.5) is 0 Å². The van der Waals surface area contributed by atoms with Gasteiger partial charge in [0.2, 0.25) is 0 Å². The number of hydrogen-bond donors (Lipinski definition) is 1. The van der Waals surface area contributed by atoms with E-state index in [0.29, 0.717) is 12.1 Å². The van der Waals surface area contributed by atoms with Gasteiger partial charge >= 0.3 is 0 Å². The minimum absolute atomic E-state index is 0.623. The van der Waals surface area contributed by atoms with Gasteiger partial charge in [0.25, 0.3) is 0 Å². The van der Waals surface area contributed by atoms with Crippen molar-refractivity contribution in [3.8, 4) is 0 Å². The second kappa shape index (κ2) is 8.50. The summed E-state index contributed by atoms with van der Waals surface area (Å²) in [6, 6.07) is 2.18. The first kappa shape index (κ1) is 17.2. The van der Waals surface area contributed by atoms with Crippen LogP contribution in [0.25, 0.3) is 0 Å². The minimum atomic E-state index is 0.623. The third-order valence-corrected chi connectivity index (χ3v) is 5.34. The van der Waals surface area contributed by atoms with E-state index in [2.05, 4.69) is 42.8 Å². The Hall–Kier alpha value is -0.120. The highest BCUT2D eigenvalue weighted by Gasteiger charge is 2.27. The van der Waals surface area contributed by atoms with Gasteiger partial charge in [-0.25, -0.2) is 0 Å². The summed E-state index contributed by atoms with van der Waals surface area (Å²) in [5, 5.41) is 3.64. The van der Waals surface area contributed by atoms with Crippen molar-refractivity contribution in [2.24, 2.45) is 5.92 Å². The van der Waals surface area contributed by atoms with Crippen LogP contribution < -0.4 is 5.32 Å². The molecular formula is C18H37N3. The molecule has 21 heavy (non-hydrogen) atoms. The predicted octanol–water partition coefficient (Wildman–Crippen LogP) is 2.96. The Morgan fingerprint density at radius 1 is 0.952 bits per heavy atom. The molecule has 2 saturated heterocycles. The van der Waals surface area contributed by atoms with Gasteiger partial charge in [-0.15, -0.1) is 0 Å². The van der Waals surface area contributed by atoms with Gasteiger partial charge in [-0.1, -0.05) is 13.8 Å². The average molecular weight is 296 g/mol. The van der Waals surface area contributed by atoms with Crippen LogP contribution in [-0.4, -0.2) is 60.6 Å². The average Bonchev–Trinajstić information content (AvgIpc) is 2.71. The summed E-state index contributed by atoms with van der Waals surface area (Å²) in [7, 11) is 0. The summed E-state index contributed by atoms with van der Waals surface area (Å²) < 4.78 is 0. The zero-order valence-corrected chi connectivity index (χ0v) is 14.8.